The normalized spacial score (nSPS) is 13.5. The highest BCUT2D eigenvalue weighted by Crippen LogP contribution is 2.30. The molecule has 3 atom stereocenters. The van der Waals surface area contributed by atoms with E-state index in [9.17, 15) is 14.4 Å². The van der Waals surface area contributed by atoms with Gasteiger partial charge in [-0.05, 0) is 76.0 Å². The average molecular weight is 576 g/mol. The zero-order chi connectivity index (χ0) is 31.4. The molecule has 2 aromatic carbocycles. The standard InChI is InChI=1S/C35H49N3O4/c1-10-28-18-14-15-19-29(28)31(32(39)36-23-27-16-12-11-13-17-27)38(26(6)21-20-24(2)3)33(40)30(22-25(4)5)37-34(41)42-35(7,8)9/h1,11-19,24-26,30-31H,20-23H2,2-9H3,(H,36,39)(H,37,41). The van der Waals surface area contributed by atoms with E-state index in [4.69, 9.17) is 11.2 Å². The number of carbonyl (C=O) groups excluding carboxylic acids is 3. The maximum absolute atomic E-state index is 14.6. The predicted molar refractivity (Wildman–Crippen MR) is 168 cm³/mol. The van der Waals surface area contributed by atoms with Gasteiger partial charge in [0.05, 0.1) is 0 Å². The Labute approximate surface area is 252 Å². The zero-order valence-electron chi connectivity index (χ0n) is 26.6. The van der Waals surface area contributed by atoms with Gasteiger partial charge in [0.25, 0.3) is 0 Å². The first-order valence-corrected chi connectivity index (χ1v) is 14.9. The van der Waals surface area contributed by atoms with Crippen LogP contribution in [0.4, 0.5) is 4.79 Å². The number of rotatable bonds is 13. The van der Waals surface area contributed by atoms with Crippen LogP contribution in [-0.2, 0) is 20.9 Å². The van der Waals surface area contributed by atoms with E-state index in [1.54, 1.807) is 37.8 Å². The first-order valence-electron chi connectivity index (χ1n) is 14.9. The molecule has 2 aromatic rings. The Bertz CT molecular complexity index is 1210. The summed E-state index contributed by atoms with van der Waals surface area (Å²) in [6, 6.07) is 14.6. The van der Waals surface area contributed by atoms with Crippen LogP contribution in [0.1, 0.15) is 97.4 Å². The Kier molecular flexibility index (Phi) is 13.1. The molecule has 0 saturated carbocycles. The van der Waals surface area contributed by atoms with Crippen LogP contribution >= 0.6 is 0 Å². The molecule has 0 saturated heterocycles. The Morgan fingerprint density at radius 2 is 1.52 bits per heavy atom. The molecule has 42 heavy (non-hydrogen) atoms. The van der Waals surface area contributed by atoms with E-state index in [1.165, 1.54) is 0 Å². The van der Waals surface area contributed by atoms with Gasteiger partial charge in [0, 0.05) is 18.2 Å². The first kappa shape index (κ1) is 34.4. The van der Waals surface area contributed by atoms with Crippen molar-refractivity contribution in [2.45, 2.75) is 105 Å². The molecule has 0 aliphatic heterocycles. The molecule has 228 valence electrons. The van der Waals surface area contributed by atoms with Crippen LogP contribution in [-0.4, -0.2) is 40.5 Å². The molecule has 0 aliphatic rings. The minimum atomic E-state index is -1.01. The highest BCUT2D eigenvalue weighted by Gasteiger charge is 2.39. The number of alkyl carbamates (subject to hydrolysis) is 1. The van der Waals surface area contributed by atoms with Crippen molar-refractivity contribution in [3.63, 3.8) is 0 Å². The van der Waals surface area contributed by atoms with Crippen molar-refractivity contribution in [2.24, 2.45) is 11.8 Å². The molecular formula is C35H49N3O4. The highest BCUT2D eigenvalue weighted by atomic mass is 16.6. The molecule has 0 radical (unpaired) electrons. The third kappa shape index (κ3) is 10.9. The van der Waals surface area contributed by atoms with E-state index in [0.717, 1.165) is 12.0 Å². The lowest BCUT2D eigenvalue weighted by atomic mass is 9.93. The van der Waals surface area contributed by atoms with Gasteiger partial charge >= 0.3 is 6.09 Å². The highest BCUT2D eigenvalue weighted by molar-refractivity contribution is 5.92. The monoisotopic (exact) mass is 575 g/mol. The van der Waals surface area contributed by atoms with E-state index < -0.39 is 23.8 Å². The lowest BCUT2D eigenvalue weighted by Crippen LogP contribution is -2.56. The lowest BCUT2D eigenvalue weighted by molar-refractivity contribution is -0.145. The van der Waals surface area contributed by atoms with Gasteiger partial charge in [0.2, 0.25) is 11.8 Å². The number of hydrogen-bond donors (Lipinski definition) is 2. The number of nitrogens with one attached hydrogen (secondary N) is 2. The van der Waals surface area contributed by atoms with Gasteiger partial charge in [-0.2, -0.15) is 0 Å². The molecule has 0 spiro atoms. The van der Waals surface area contributed by atoms with Crippen molar-refractivity contribution in [1.29, 1.82) is 0 Å². The van der Waals surface area contributed by atoms with Crippen LogP contribution in [0.3, 0.4) is 0 Å². The zero-order valence-corrected chi connectivity index (χ0v) is 26.6. The fourth-order valence-corrected chi connectivity index (χ4v) is 4.80. The van der Waals surface area contributed by atoms with Crippen molar-refractivity contribution in [3.05, 3.63) is 71.3 Å². The molecule has 0 aromatic heterocycles. The van der Waals surface area contributed by atoms with Crippen LogP contribution in [0.25, 0.3) is 0 Å². The summed E-state index contributed by atoms with van der Waals surface area (Å²) in [7, 11) is 0. The second-order valence-electron chi connectivity index (χ2n) is 12.7. The molecule has 7 nitrogen and oxygen atoms in total. The van der Waals surface area contributed by atoms with Crippen LogP contribution in [0.15, 0.2) is 54.6 Å². The molecule has 0 fully saturated rings. The largest absolute Gasteiger partial charge is 0.444 e. The number of carbonyl (C=O) groups is 3. The van der Waals surface area contributed by atoms with Crippen LogP contribution < -0.4 is 10.6 Å². The fourth-order valence-electron chi connectivity index (χ4n) is 4.80. The van der Waals surface area contributed by atoms with Gasteiger partial charge in [0.1, 0.15) is 17.7 Å². The number of benzene rings is 2. The topological polar surface area (TPSA) is 87.7 Å². The van der Waals surface area contributed by atoms with E-state index in [0.29, 0.717) is 36.4 Å². The quantitative estimate of drug-likeness (QED) is 0.263. The molecule has 0 bridgehead atoms. The predicted octanol–water partition coefficient (Wildman–Crippen LogP) is 6.62. The first-order chi connectivity index (χ1) is 19.7. The Morgan fingerprint density at radius 3 is 2.10 bits per heavy atom. The minimum absolute atomic E-state index is 0.0880. The summed E-state index contributed by atoms with van der Waals surface area (Å²) >= 11 is 0. The third-order valence-corrected chi connectivity index (χ3v) is 6.83. The van der Waals surface area contributed by atoms with Crippen LogP contribution in [0.5, 0.6) is 0 Å². The van der Waals surface area contributed by atoms with Crippen molar-refractivity contribution in [1.82, 2.24) is 15.5 Å². The molecule has 0 heterocycles. The van der Waals surface area contributed by atoms with Gasteiger partial charge < -0.3 is 20.3 Å². The number of nitrogens with zero attached hydrogens (tertiary/aromatic N) is 1. The van der Waals surface area contributed by atoms with E-state index >= 15 is 0 Å². The molecule has 3 unspecified atom stereocenters. The van der Waals surface area contributed by atoms with E-state index in [1.807, 2.05) is 63.2 Å². The summed E-state index contributed by atoms with van der Waals surface area (Å²) < 4.78 is 5.51. The summed E-state index contributed by atoms with van der Waals surface area (Å²) in [6.07, 6.45) is 7.12. The number of hydrogen-bond acceptors (Lipinski definition) is 4. The summed E-state index contributed by atoms with van der Waals surface area (Å²) in [6.45, 7) is 15.8. The molecule has 7 heteroatoms. The third-order valence-electron chi connectivity index (χ3n) is 6.83. The Balaban J connectivity index is 2.62. The van der Waals surface area contributed by atoms with Crippen molar-refractivity contribution in [2.75, 3.05) is 0 Å². The lowest BCUT2D eigenvalue weighted by Gasteiger charge is -2.39. The fraction of sp³-hybridized carbons (Fsp3) is 0.514. The van der Waals surface area contributed by atoms with Crippen LogP contribution in [0.2, 0.25) is 0 Å². The second-order valence-corrected chi connectivity index (χ2v) is 12.7. The number of terminal acetylenes is 1. The Morgan fingerprint density at radius 1 is 0.905 bits per heavy atom. The van der Waals surface area contributed by atoms with Gasteiger partial charge in [-0.3, -0.25) is 9.59 Å². The van der Waals surface area contributed by atoms with Crippen LogP contribution in [0, 0.1) is 24.2 Å². The molecular weight excluding hydrogens is 526 g/mol. The number of ether oxygens (including phenoxy) is 1. The SMILES string of the molecule is C#Cc1ccccc1C(C(=O)NCc1ccccc1)N(C(=O)C(CC(C)C)NC(=O)OC(C)(C)C)C(C)CCC(C)C. The summed E-state index contributed by atoms with van der Waals surface area (Å²) in [5.41, 5.74) is 1.30. The maximum atomic E-state index is 14.6. The molecule has 2 rings (SSSR count). The van der Waals surface area contributed by atoms with Gasteiger partial charge in [0.15, 0.2) is 0 Å². The second kappa shape index (κ2) is 16.0. The Hall–Kier alpha value is -3.79. The number of amides is 3. The van der Waals surface area contributed by atoms with Gasteiger partial charge in [-0.25, -0.2) is 4.79 Å². The molecule has 0 aliphatic carbocycles. The van der Waals surface area contributed by atoms with Gasteiger partial charge in [-0.15, -0.1) is 6.42 Å². The van der Waals surface area contributed by atoms with E-state index in [2.05, 4.69) is 30.4 Å². The van der Waals surface area contributed by atoms with Gasteiger partial charge in [-0.1, -0.05) is 82.1 Å². The smallest absolute Gasteiger partial charge is 0.408 e. The molecule has 2 N–H and O–H groups in total. The maximum Gasteiger partial charge on any atom is 0.408 e. The van der Waals surface area contributed by atoms with Crippen molar-refractivity contribution >= 4 is 17.9 Å². The van der Waals surface area contributed by atoms with Crippen molar-refractivity contribution < 1.29 is 19.1 Å². The summed E-state index contributed by atoms with van der Waals surface area (Å²) in [5, 5.41) is 5.85. The van der Waals surface area contributed by atoms with E-state index in [-0.39, 0.29) is 23.8 Å². The minimum Gasteiger partial charge on any atom is -0.444 e. The van der Waals surface area contributed by atoms with Crippen molar-refractivity contribution in [3.8, 4) is 12.3 Å². The molecule has 3 amide bonds. The summed E-state index contributed by atoms with van der Waals surface area (Å²) in [4.78, 5) is 43.2. The summed E-state index contributed by atoms with van der Waals surface area (Å²) in [5.74, 6) is 2.50. The average Bonchev–Trinajstić information content (AvgIpc) is 2.91.